The van der Waals surface area contributed by atoms with Gasteiger partial charge in [0.2, 0.25) is 11.7 Å². The van der Waals surface area contributed by atoms with Gasteiger partial charge in [-0.15, -0.1) is 6.42 Å². The zero-order chi connectivity index (χ0) is 20.7. The highest BCUT2D eigenvalue weighted by Crippen LogP contribution is 2.48. The Labute approximate surface area is 174 Å². The number of likely N-dealkylation sites (tertiary alicyclic amines) is 1. The van der Waals surface area contributed by atoms with Crippen LogP contribution in [0.25, 0.3) is 22.8 Å². The number of aliphatic hydroxyl groups is 1. The van der Waals surface area contributed by atoms with Crippen molar-refractivity contribution < 1.29 is 14.4 Å². The van der Waals surface area contributed by atoms with Crippen molar-refractivity contribution in [2.24, 2.45) is 0 Å². The molecular weight excluding hydrogens is 378 g/mol. The SMILES string of the molecule is C#Cc1cccc(-c2nc(-c3cccc4c3CC[C@@]43CC(=O)N(CCO)C3)no2)c1. The van der Waals surface area contributed by atoms with Crippen molar-refractivity contribution in [1.29, 1.82) is 0 Å². The summed E-state index contributed by atoms with van der Waals surface area (Å²) >= 11 is 0. The van der Waals surface area contributed by atoms with E-state index < -0.39 is 0 Å². The summed E-state index contributed by atoms with van der Waals surface area (Å²) in [4.78, 5) is 18.9. The Morgan fingerprint density at radius 2 is 2.13 bits per heavy atom. The molecule has 1 N–H and O–H groups in total. The van der Waals surface area contributed by atoms with Crippen molar-refractivity contribution in [2.45, 2.75) is 24.7 Å². The van der Waals surface area contributed by atoms with Crippen LogP contribution in [0.3, 0.4) is 0 Å². The van der Waals surface area contributed by atoms with Crippen LogP contribution in [0.1, 0.15) is 29.5 Å². The average Bonchev–Trinajstić information content (AvgIpc) is 3.47. The van der Waals surface area contributed by atoms with Gasteiger partial charge < -0.3 is 14.5 Å². The molecule has 6 heteroatoms. The number of amides is 1. The molecular formula is C24H21N3O3. The number of rotatable bonds is 4. The molecule has 30 heavy (non-hydrogen) atoms. The molecule has 0 unspecified atom stereocenters. The van der Waals surface area contributed by atoms with Gasteiger partial charge in [-0.2, -0.15) is 4.98 Å². The van der Waals surface area contributed by atoms with Crippen LogP contribution in [0.15, 0.2) is 47.0 Å². The molecule has 1 saturated heterocycles. The van der Waals surface area contributed by atoms with Crippen LogP contribution in [0.2, 0.25) is 0 Å². The predicted molar refractivity (Wildman–Crippen MR) is 111 cm³/mol. The van der Waals surface area contributed by atoms with E-state index in [1.165, 1.54) is 11.1 Å². The first kappa shape index (κ1) is 18.6. The highest BCUT2D eigenvalue weighted by atomic mass is 16.5. The van der Waals surface area contributed by atoms with E-state index in [0.29, 0.717) is 31.2 Å². The third-order valence-electron chi connectivity index (χ3n) is 6.25. The van der Waals surface area contributed by atoms with Gasteiger partial charge in [-0.25, -0.2) is 0 Å². The molecule has 6 nitrogen and oxygen atoms in total. The second-order valence-electron chi connectivity index (χ2n) is 7.98. The topological polar surface area (TPSA) is 79.5 Å². The first-order valence-electron chi connectivity index (χ1n) is 10.1. The van der Waals surface area contributed by atoms with Gasteiger partial charge in [-0.05, 0) is 42.2 Å². The number of terminal acetylenes is 1. The van der Waals surface area contributed by atoms with E-state index in [0.717, 1.165) is 29.5 Å². The number of nitrogens with zero attached hydrogens (tertiary/aromatic N) is 3. The average molecular weight is 399 g/mol. The van der Waals surface area contributed by atoms with Crippen LogP contribution in [-0.2, 0) is 16.6 Å². The smallest absolute Gasteiger partial charge is 0.258 e. The number of hydrogen-bond acceptors (Lipinski definition) is 5. The molecule has 0 bridgehead atoms. The van der Waals surface area contributed by atoms with Crippen molar-refractivity contribution in [3.8, 4) is 35.2 Å². The molecule has 0 radical (unpaired) electrons. The second kappa shape index (κ2) is 7.12. The first-order chi connectivity index (χ1) is 14.6. The van der Waals surface area contributed by atoms with E-state index >= 15 is 0 Å². The van der Waals surface area contributed by atoms with E-state index in [2.05, 4.69) is 22.1 Å². The van der Waals surface area contributed by atoms with Crippen molar-refractivity contribution in [1.82, 2.24) is 15.0 Å². The normalized spacial score (nSPS) is 20.0. The maximum Gasteiger partial charge on any atom is 0.258 e. The molecule has 1 aromatic heterocycles. The Balaban J connectivity index is 1.50. The van der Waals surface area contributed by atoms with E-state index in [1.807, 2.05) is 36.4 Å². The van der Waals surface area contributed by atoms with E-state index in [4.69, 9.17) is 10.9 Å². The molecule has 1 spiro atoms. The maximum absolute atomic E-state index is 12.5. The van der Waals surface area contributed by atoms with Crippen LogP contribution < -0.4 is 0 Å². The summed E-state index contributed by atoms with van der Waals surface area (Å²) in [5.74, 6) is 3.70. The Bertz CT molecular complexity index is 1180. The fraction of sp³-hybridized carbons (Fsp3) is 0.292. The number of benzene rings is 2. The number of aliphatic hydroxyl groups excluding tert-OH is 1. The lowest BCUT2D eigenvalue weighted by Crippen LogP contribution is -2.32. The van der Waals surface area contributed by atoms with Gasteiger partial charge in [0.1, 0.15) is 0 Å². The number of aromatic nitrogens is 2. The van der Waals surface area contributed by atoms with Gasteiger partial charge in [0.05, 0.1) is 6.61 Å². The van der Waals surface area contributed by atoms with Gasteiger partial charge in [-0.1, -0.05) is 35.3 Å². The van der Waals surface area contributed by atoms with Gasteiger partial charge in [-0.3, -0.25) is 4.79 Å². The summed E-state index contributed by atoms with van der Waals surface area (Å²) in [6, 6.07) is 13.6. The second-order valence-corrected chi connectivity index (χ2v) is 7.98. The summed E-state index contributed by atoms with van der Waals surface area (Å²) in [5.41, 5.74) is 4.67. The van der Waals surface area contributed by atoms with Crippen LogP contribution >= 0.6 is 0 Å². The number of hydrogen-bond donors (Lipinski definition) is 1. The van der Waals surface area contributed by atoms with E-state index in [-0.39, 0.29) is 17.9 Å². The molecule has 2 aliphatic rings. The fourth-order valence-corrected chi connectivity index (χ4v) is 4.84. The third kappa shape index (κ3) is 2.90. The number of carbonyl (C=O) groups is 1. The Morgan fingerprint density at radius 1 is 1.27 bits per heavy atom. The molecule has 1 amide bonds. The molecule has 3 aromatic rings. The summed E-state index contributed by atoms with van der Waals surface area (Å²) < 4.78 is 5.53. The Morgan fingerprint density at radius 3 is 2.97 bits per heavy atom. The summed E-state index contributed by atoms with van der Waals surface area (Å²) in [6.07, 6.45) is 7.75. The Kier molecular flexibility index (Phi) is 4.41. The maximum atomic E-state index is 12.5. The molecule has 1 fully saturated rings. The first-order valence-corrected chi connectivity index (χ1v) is 10.1. The summed E-state index contributed by atoms with van der Waals surface area (Å²) in [5, 5.41) is 13.5. The molecule has 1 aliphatic carbocycles. The standard InChI is InChI=1S/C24H21N3O3/c1-2-16-5-3-6-17(13-16)23-25-22(26-30-23)19-7-4-8-20-18(19)9-10-24(20)14-21(29)27(15-24)11-12-28/h1,3-8,13,28H,9-12,14-15H2/t24-/m0/s1. The van der Waals surface area contributed by atoms with Gasteiger partial charge in [0, 0.05) is 41.6 Å². The van der Waals surface area contributed by atoms with Crippen molar-refractivity contribution in [3.63, 3.8) is 0 Å². The van der Waals surface area contributed by atoms with Gasteiger partial charge >= 0.3 is 0 Å². The van der Waals surface area contributed by atoms with Crippen molar-refractivity contribution in [3.05, 3.63) is 59.2 Å². The lowest BCUT2D eigenvalue weighted by molar-refractivity contribution is -0.128. The largest absolute Gasteiger partial charge is 0.395 e. The molecule has 5 rings (SSSR count). The molecule has 150 valence electrons. The molecule has 0 saturated carbocycles. The van der Waals surface area contributed by atoms with Crippen molar-refractivity contribution in [2.75, 3.05) is 19.7 Å². The monoisotopic (exact) mass is 399 g/mol. The highest BCUT2D eigenvalue weighted by molar-refractivity contribution is 5.82. The predicted octanol–water partition coefficient (Wildman–Crippen LogP) is 2.79. The third-order valence-corrected chi connectivity index (χ3v) is 6.25. The number of fused-ring (bicyclic) bond motifs is 2. The zero-order valence-corrected chi connectivity index (χ0v) is 16.5. The minimum Gasteiger partial charge on any atom is -0.395 e. The quantitative estimate of drug-likeness (QED) is 0.683. The van der Waals surface area contributed by atoms with E-state index in [1.54, 1.807) is 4.90 Å². The van der Waals surface area contributed by atoms with Crippen LogP contribution in [0.4, 0.5) is 0 Å². The fourth-order valence-electron chi connectivity index (χ4n) is 4.84. The molecule has 1 atom stereocenters. The van der Waals surface area contributed by atoms with Crippen molar-refractivity contribution >= 4 is 5.91 Å². The van der Waals surface area contributed by atoms with Crippen LogP contribution in [0, 0.1) is 12.3 Å². The number of carbonyl (C=O) groups excluding carboxylic acids is 1. The lowest BCUT2D eigenvalue weighted by atomic mass is 9.80. The summed E-state index contributed by atoms with van der Waals surface area (Å²) in [6.45, 7) is 1.03. The highest BCUT2D eigenvalue weighted by Gasteiger charge is 2.48. The molecule has 2 heterocycles. The Hall–Kier alpha value is -3.43. The van der Waals surface area contributed by atoms with Crippen LogP contribution in [0.5, 0.6) is 0 Å². The number of β-amino-alcohol motifs (C(OH)–C–C–N with tert-alkyl or cyclic N) is 1. The zero-order valence-electron chi connectivity index (χ0n) is 16.5. The lowest BCUT2D eigenvalue weighted by Gasteiger charge is -2.24. The van der Waals surface area contributed by atoms with Crippen LogP contribution in [-0.4, -0.2) is 45.8 Å². The van der Waals surface area contributed by atoms with E-state index in [9.17, 15) is 9.90 Å². The molecule has 2 aromatic carbocycles. The minimum absolute atomic E-state index is 0.0127. The minimum atomic E-state index is -0.189. The van der Waals surface area contributed by atoms with Gasteiger partial charge in [0.15, 0.2) is 0 Å². The molecule has 1 aliphatic heterocycles. The summed E-state index contributed by atoms with van der Waals surface area (Å²) in [7, 11) is 0. The van der Waals surface area contributed by atoms with Gasteiger partial charge in [0.25, 0.3) is 5.89 Å².